The molecule has 39 heavy (non-hydrogen) atoms. The van der Waals surface area contributed by atoms with Crippen molar-refractivity contribution in [2.45, 2.75) is 194 Å². The minimum absolute atomic E-state index is 0. The molecule has 234 valence electrons. The summed E-state index contributed by atoms with van der Waals surface area (Å²) >= 11 is 0. The highest BCUT2D eigenvalue weighted by atomic mass is 79.9. The summed E-state index contributed by atoms with van der Waals surface area (Å²) in [7, 11) is 2.33. The van der Waals surface area contributed by atoms with E-state index in [-0.39, 0.29) is 17.0 Å². The summed E-state index contributed by atoms with van der Waals surface area (Å²) in [5.74, 6) is 0. The summed E-state index contributed by atoms with van der Waals surface area (Å²) in [6.07, 6.45) is 48.9. The first-order valence-electron chi connectivity index (χ1n) is 17.8. The van der Waals surface area contributed by atoms with Gasteiger partial charge in [-0.1, -0.05) is 154 Å². The van der Waals surface area contributed by atoms with Crippen molar-refractivity contribution < 1.29 is 0 Å². The molecule has 0 radical (unpaired) electrons. The van der Waals surface area contributed by atoms with Gasteiger partial charge in [0.1, 0.15) is 0 Å². The molecule has 0 aromatic carbocycles. The summed E-state index contributed by atoms with van der Waals surface area (Å²) in [6.45, 7) is 7.19. The van der Waals surface area contributed by atoms with Crippen LogP contribution in [0.1, 0.15) is 194 Å². The molecule has 0 heterocycles. The molecule has 0 amide bonds. The van der Waals surface area contributed by atoms with Gasteiger partial charge in [0.2, 0.25) is 0 Å². The molecule has 0 atom stereocenters. The third kappa shape index (κ3) is 37.9. The van der Waals surface area contributed by atoms with Crippen LogP contribution in [0.3, 0.4) is 0 Å². The third-order valence-electron chi connectivity index (χ3n) is 8.10. The number of rotatable bonds is 32. The molecule has 0 saturated carbocycles. The molecule has 0 N–H and O–H groups in total. The zero-order valence-electron chi connectivity index (χ0n) is 27.4. The Morgan fingerprint density at radius 2 is 0.564 bits per heavy atom. The lowest BCUT2D eigenvalue weighted by atomic mass is 10.1. The van der Waals surface area contributed by atoms with Crippen LogP contribution in [0.4, 0.5) is 0 Å². The lowest BCUT2D eigenvalue weighted by Gasteiger charge is -2.16. The van der Waals surface area contributed by atoms with Crippen molar-refractivity contribution in [1.29, 1.82) is 0 Å². The fourth-order valence-corrected chi connectivity index (χ4v) is 5.37. The summed E-state index contributed by atoms with van der Waals surface area (Å²) < 4.78 is 0. The zero-order chi connectivity index (χ0) is 27.6. The Bertz CT molecular complexity index is 430. The van der Waals surface area contributed by atoms with E-state index < -0.39 is 0 Å². The molecule has 0 aromatic rings. The molecule has 0 bridgehead atoms. The van der Waals surface area contributed by atoms with Gasteiger partial charge in [-0.2, -0.15) is 0 Å². The molecular weight excluding hydrogens is 538 g/mol. The molecule has 0 unspecified atom stereocenters. The molecule has 0 aromatic heterocycles. The highest BCUT2D eigenvalue weighted by molar-refractivity contribution is 8.93. The number of hydrogen-bond acceptors (Lipinski definition) is 1. The van der Waals surface area contributed by atoms with E-state index in [1.54, 1.807) is 0 Å². The Labute approximate surface area is 259 Å². The molecule has 0 spiro atoms. The summed E-state index contributed by atoms with van der Waals surface area (Å²) in [6, 6.07) is 0. The van der Waals surface area contributed by atoms with Crippen LogP contribution < -0.4 is 0 Å². The van der Waals surface area contributed by atoms with Gasteiger partial charge >= 0.3 is 0 Å². The van der Waals surface area contributed by atoms with Gasteiger partial charge in [0.25, 0.3) is 0 Å². The van der Waals surface area contributed by atoms with Crippen LogP contribution in [0.25, 0.3) is 0 Å². The van der Waals surface area contributed by atoms with Gasteiger partial charge in [0.05, 0.1) is 0 Å². The Balaban J connectivity index is 0. The third-order valence-corrected chi connectivity index (χ3v) is 8.10. The van der Waals surface area contributed by atoms with Crippen molar-refractivity contribution in [2.24, 2.45) is 0 Å². The smallest absolute Gasteiger partial charge is 0.00218 e. The maximum absolute atomic E-state index is 2.57. The average molecular weight is 613 g/mol. The molecule has 0 aliphatic carbocycles. The first-order chi connectivity index (χ1) is 18.8. The minimum atomic E-state index is 0. The van der Waals surface area contributed by atoms with Gasteiger partial charge in [0.15, 0.2) is 0 Å². The summed E-state index contributed by atoms with van der Waals surface area (Å²) in [5, 5.41) is 0. The van der Waals surface area contributed by atoms with Crippen LogP contribution in [-0.2, 0) is 0 Å². The first-order valence-corrected chi connectivity index (χ1v) is 17.8. The first kappa shape index (κ1) is 41.1. The van der Waals surface area contributed by atoms with Gasteiger partial charge < -0.3 is 4.90 Å². The van der Waals surface area contributed by atoms with Crippen LogP contribution in [0.2, 0.25) is 0 Å². The van der Waals surface area contributed by atoms with Gasteiger partial charge in [-0.3, -0.25) is 0 Å². The molecule has 0 fully saturated rings. The van der Waals surface area contributed by atoms with Crippen LogP contribution in [0.15, 0.2) is 24.3 Å². The normalized spacial score (nSPS) is 11.8. The molecular formula is C37H74BrN. The monoisotopic (exact) mass is 612 g/mol. The molecule has 1 nitrogen and oxygen atoms in total. The standard InChI is InChI=1S/C37H73N.BrH/c1-4-6-8-10-12-14-16-18-20-22-24-26-28-30-32-34-36-38(3)37-35-33-31-29-27-25-23-21-19-17-15-13-11-9-7-5-2;/h18-21H,4-17,22-37H2,1-3H3;1H. The number of allylic oxidation sites excluding steroid dienone is 4. The molecule has 0 rings (SSSR count). The van der Waals surface area contributed by atoms with Crippen molar-refractivity contribution >= 4 is 17.0 Å². The fourth-order valence-electron chi connectivity index (χ4n) is 5.37. The van der Waals surface area contributed by atoms with E-state index in [9.17, 15) is 0 Å². The Hall–Kier alpha value is -0.0800. The van der Waals surface area contributed by atoms with Crippen LogP contribution in [0.5, 0.6) is 0 Å². The van der Waals surface area contributed by atoms with E-state index in [2.05, 4.69) is 50.1 Å². The van der Waals surface area contributed by atoms with E-state index in [0.29, 0.717) is 0 Å². The molecule has 2 heteroatoms. The molecule has 0 saturated heterocycles. The lowest BCUT2D eigenvalue weighted by Crippen LogP contribution is -2.20. The second-order valence-corrected chi connectivity index (χ2v) is 12.2. The number of halogens is 1. The van der Waals surface area contributed by atoms with Crippen molar-refractivity contribution in [1.82, 2.24) is 4.90 Å². The maximum atomic E-state index is 2.57. The quantitative estimate of drug-likeness (QED) is 0.0539. The van der Waals surface area contributed by atoms with Gasteiger partial charge in [-0.25, -0.2) is 0 Å². The Kier molecular flexibility index (Phi) is 39.9. The van der Waals surface area contributed by atoms with Crippen LogP contribution in [0, 0.1) is 0 Å². The Morgan fingerprint density at radius 3 is 0.846 bits per heavy atom. The van der Waals surface area contributed by atoms with Crippen LogP contribution in [-0.4, -0.2) is 25.0 Å². The highest BCUT2D eigenvalue weighted by Gasteiger charge is 1.99. The average Bonchev–Trinajstić information content (AvgIpc) is 2.92. The molecule has 0 aliphatic rings. The lowest BCUT2D eigenvalue weighted by molar-refractivity contribution is 0.314. The SMILES string of the molecule is Br.CCCCCCCCC=CCCCCCCCCN(C)CCCCCCCCC=CCCCCCCCC. The predicted molar refractivity (Wildman–Crippen MR) is 187 cm³/mol. The summed E-state index contributed by atoms with van der Waals surface area (Å²) in [5.41, 5.74) is 0. The van der Waals surface area contributed by atoms with Gasteiger partial charge in [-0.05, 0) is 84.3 Å². The maximum Gasteiger partial charge on any atom is -0.00218 e. The van der Waals surface area contributed by atoms with Crippen molar-refractivity contribution in [3.05, 3.63) is 24.3 Å². The molecule has 0 aliphatic heterocycles. The van der Waals surface area contributed by atoms with Crippen molar-refractivity contribution in [3.63, 3.8) is 0 Å². The topological polar surface area (TPSA) is 3.24 Å². The van der Waals surface area contributed by atoms with Crippen molar-refractivity contribution in [2.75, 3.05) is 20.1 Å². The number of unbranched alkanes of at least 4 members (excludes halogenated alkanes) is 24. The van der Waals surface area contributed by atoms with E-state index in [1.165, 1.54) is 193 Å². The minimum Gasteiger partial charge on any atom is -0.306 e. The largest absolute Gasteiger partial charge is 0.306 e. The van der Waals surface area contributed by atoms with Gasteiger partial charge in [0, 0.05) is 0 Å². The number of hydrogen-bond donors (Lipinski definition) is 0. The second kappa shape index (κ2) is 37.9. The highest BCUT2D eigenvalue weighted by Crippen LogP contribution is 2.12. The zero-order valence-corrected chi connectivity index (χ0v) is 29.1. The fraction of sp³-hybridized carbons (Fsp3) is 0.892. The van der Waals surface area contributed by atoms with Crippen LogP contribution >= 0.6 is 17.0 Å². The predicted octanol–water partition coefficient (Wildman–Crippen LogP) is 13.6. The van der Waals surface area contributed by atoms with E-state index in [4.69, 9.17) is 0 Å². The number of nitrogens with zero attached hydrogens (tertiary/aromatic N) is 1. The van der Waals surface area contributed by atoms with E-state index >= 15 is 0 Å². The van der Waals surface area contributed by atoms with Gasteiger partial charge in [-0.15, -0.1) is 17.0 Å². The van der Waals surface area contributed by atoms with E-state index in [1.807, 2.05) is 0 Å². The Morgan fingerprint density at radius 1 is 0.333 bits per heavy atom. The summed E-state index contributed by atoms with van der Waals surface area (Å²) in [4.78, 5) is 2.57. The van der Waals surface area contributed by atoms with Crippen molar-refractivity contribution in [3.8, 4) is 0 Å². The second-order valence-electron chi connectivity index (χ2n) is 12.2. The van der Waals surface area contributed by atoms with E-state index in [0.717, 1.165) is 0 Å².